The molecule has 0 rings (SSSR count). The van der Waals surface area contributed by atoms with E-state index in [9.17, 15) is 49.2 Å². The lowest BCUT2D eigenvalue weighted by molar-refractivity contribution is -0.155. The summed E-state index contributed by atoms with van der Waals surface area (Å²) in [7, 11) is 1.15. The molecule has 0 bridgehead atoms. The maximum atomic E-state index is 13.2. The molecule has 9 atom stereocenters. The van der Waals surface area contributed by atoms with E-state index < -0.39 is 78.2 Å². The number of hydrogen-bond acceptors (Lipinski definition) is 16. The second-order valence-corrected chi connectivity index (χ2v) is 14.6. The molecule has 0 aromatic rings. The summed E-state index contributed by atoms with van der Waals surface area (Å²) in [6.45, 7) is 3.32. The number of rotatable bonds is 34. The van der Waals surface area contributed by atoms with Gasteiger partial charge >= 0.3 is 5.97 Å². The molecule has 9 unspecified atom stereocenters. The van der Waals surface area contributed by atoms with Crippen LogP contribution in [0.5, 0.6) is 0 Å². The molecule has 0 fully saturated rings. The quantitative estimate of drug-likeness (QED) is 0.0215. The third-order valence-electron chi connectivity index (χ3n) is 9.50. The summed E-state index contributed by atoms with van der Waals surface area (Å²) in [6.07, 6.45) is -1.40. The van der Waals surface area contributed by atoms with E-state index in [4.69, 9.17) is 33.4 Å². The average Bonchev–Trinajstić information content (AvgIpc) is 3.20. The van der Waals surface area contributed by atoms with Crippen molar-refractivity contribution in [2.24, 2.45) is 28.7 Å². The van der Waals surface area contributed by atoms with Crippen LogP contribution in [0, 0.1) is 0 Å². The highest BCUT2D eigenvalue weighted by Crippen LogP contribution is 2.10. The number of carbonyl (C=O) groups excluding carboxylic acids is 6. The summed E-state index contributed by atoms with van der Waals surface area (Å²) in [5.74, 6) is -4.30. The number of carbonyl (C=O) groups is 6. The van der Waals surface area contributed by atoms with Crippen molar-refractivity contribution >= 4 is 35.5 Å². The van der Waals surface area contributed by atoms with Crippen molar-refractivity contribution < 1.29 is 53.9 Å². The molecule has 0 aliphatic carbocycles. The maximum absolute atomic E-state index is 13.2. The molecular weight excluding hydrogens is 760 g/mol. The number of esters is 1. The van der Waals surface area contributed by atoms with Gasteiger partial charge < -0.3 is 80.4 Å². The van der Waals surface area contributed by atoms with Crippen LogP contribution in [0.25, 0.3) is 0 Å². The minimum absolute atomic E-state index is 0.0414. The Hall–Kier alpha value is -3.54. The monoisotopic (exact) mass is 835 g/mol. The van der Waals surface area contributed by atoms with E-state index in [1.165, 1.54) is 0 Å². The average molecular weight is 835 g/mol. The zero-order chi connectivity index (χ0) is 44.0. The highest BCUT2D eigenvalue weighted by atomic mass is 16.5. The Morgan fingerprint density at radius 1 is 0.500 bits per heavy atom. The molecule has 58 heavy (non-hydrogen) atoms. The predicted molar refractivity (Wildman–Crippen MR) is 216 cm³/mol. The lowest BCUT2D eigenvalue weighted by Gasteiger charge is -2.25. The van der Waals surface area contributed by atoms with Crippen LogP contribution in [0.2, 0.25) is 0 Å². The number of ether oxygens (including phenoxy) is 1. The number of hydrogen-bond donors (Lipinski definition) is 14. The van der Waals surface area contributed by atoms with Gasteiger partial charge in [-0.1, -0.05) is 12.8 Å². The van der Waals surface area contributed by atoms with Gasteiger partial charge in [0.05, 0.1) is 19.2 Å². The maximum Gasteiger partial charge on any atom is 0.328 e. The van der Waals surface area contributed by atoms with Crippen molar-refractivity contribution in [2.45, 2.75) is 158 Å². The van der Waals surface area contributed by atoms with Crippen LogP contribution in [0.3, 0.4) is 0 Å². The van der Waals surface area contributed by atoms with Crippen molar-refractivity contribution in [3.05, 3.63) is 0 Å². The zero-order valence-electron chi connectivity index (χ0n) is 34.4. The van der Waals surface area contributed by atoms with Crippen LogP contribution in [0.4, 0.5) is 0 Å². The zero-order valence-corrected chi connectivity index (χ0v) is 34.4. The van der Waals surface area contributed by atoms with Crippen molar-refractivity contribution in [1.82, 2.24) is 26.6 Å². The van der Waals surface area contributed by atoms with Gasteiger partial charge in [-0.2, -0.15) is 0 Å². The van der Waals surface area contributed by atoms with Crippen LogP contribution >= 0.6 is 0 Å². The minimum Gasteiger partial charge on any atom is -0.467 e. The summed E-state index contributed by atoms with van der Waals surface area (Å²) < 4.78 is 4.84. The number of aliphatic hydroxyl groups excluding tert-OH is 4. The van der Waals surface area contributed by atoms with Gasteiger partial charge in [0, 0.05) is 19.1 Å². The van der Waals surface area contributed by atoms with E-state index in [0.717, 1.165) is 26.4 Å². The fraction of sp³-hybridized carbons (Fsp3) is 0.838. The Bertz CT molecular complexity index is 1200. The molecule has 0 aromatic carbocycles. The molecule has 5 amide bonds. The molecule has 0 aliphatic heterocycles. The molecule has 21 nitrogen and oxygen atoms in total. The molecule has 0 spiro atoms. The van der Waals surface area contributed by atoms with Gasteiger partial charge in [-0.25, -0.2) is 4.79 Å². The fourth-order valence-electron chi connectivity index (χ4n) is 5.77. The minimum atomic E-state index is -2.23. The molecule has 19 N–H and O–H groups in total. The van der Waals surface area contributed by atoms with Crippen LogP contribution in [-0.4, -0.2) is 150 Å². The van der Waals surface area contributed by atoms with Gasteiger partial charge in [-0.3, -0.25) is 24.0 Å². The van der Waals surface area contributed by atoms with Crippen LogP contribution in [0.1, 0.15) is 103 Å². The number of amides is 5. The van der Waals surface area contributed by atoms with Gasteiger partial charge in [-0.05, 0) is 110 Å². The molecule has 338 valence electrons. The Morgan fingerprint density at radius 2 is 0.879 bits per heavy atom. The Balaban J connectivity index is 4.83. The van der Waals surface area contributed by atoms with E-state index in [2.05, 4.69) is 26.6 Å². The summed E-state index contributed by atoms with van der Waals surface area (Å²) >= 11 is 0. The lowest BCUT2D eigenvalue weighted by atomic mass is 10.0. The fourth-order valence-corrected chi connectivity index (χ4v) is 5.77. The van der Waals surface area contributed by atoms with Crippen molar-refractivity contribution in [3.63, 3.8) is 0 Å². The first kappa shape index (κ1) is 54.5. The standard InChI is InChI=1S/C37H74N10O11/c1-23(13-3-8-18-38)45-32(52)24(41)15-6-11-21-43-35(55)30(50)28(48)29(49)31(51)36(56)44-22-12-7-17-27(37(57)58-2)47-34(54)26(16-5-10-20-40)46-33(53)25(42)14-4-9-19-39/h23-31,48-51H,3-22,38-42H2,1-2H3,(H,43,55)(H,44,56)(H,45,52)(H,46,53)(H,47,54). The third kappa shape index (κ3) is 23.2. The summed E-state index contributed by atoms with van der Waals surface area (Å²) in [5.41, 5.74) is 28.5. The highest BCUT2D eigenvalue weighted by molar-refractivity contribution is 5.92. The van der Waals surface area contributed by atoms with E-state index >= 15 is 0 Å². The largest absolute Gasteiger partial charge is 0.467 e. The van der Waals surface area contributed by atoms with Crippen LogP contribution in [-0.2, 0) is 33.5 Å². The summed E-state index contributed by atoms with van der Waals surface area (Å²) in [4.78, 5) is 75.5. The first-order valence-corrected chi connectivity index (χ1v) is 20.4. The van der Waals surface area contributed by atoms with Crippen molar-refractivity contribution in [3.8, 4) is 0 Å². The third-order valence-corrected chi connectivity index (χ3v) is 9.50. The number of nitrogens with two attached hydrogens (primary N) is 5. The second-order valence-electron chi connectivity index (χ2n) is 14.6. The second kappa shape index (κ2) is 32.3. The van der Waals surface area contributed by atoms with Gasteiger partial charge in [0.1, 0.15) is 24.3 Å². The Morgan fingerprint density at radius 3 is 1.34 bits per heavy atom. The van der Waals surface area contributed by atoms with Crippen molar-refractivity contribution in [1.29, 1.82) is 0 Å². The van der Waals surface area contributed by atoms with Crippen molar-refractivity contribution in [2.75, 3.05) is 39.8 Å². The van der Waals surface area contributed by atoms with Gasteiger partial charge in [0.15, 0.2) is 12.2 Å². The summed E-state index contributed by atoms with van der Waals surface area (Å²) in [5, 5.41) is 54.0. The topological polar surface area (TPSA) is 383 Å². The predicted octanol–water partition coefficient (Wildman–Crippen LogP) is -4.31. The smallest absolute Gasteiger partial charge is 0.328 e. The molecule has 0 heterocycles. The van der Waals surface area contributed by atoms with E-state index in [0.29, 0.717) is 71.0 Å². The van der Waals surface area contributed by atoms with Gasteiger partial charge in [-0.15, -0.1) is 0 Å². The number of aliphatic hydroxyl groups is 4. The number of unbranched alkanes of at least 4 members (excludes halogenated alkanes) is 5. The van der Waals surface area contributed by atoms with E-state index in [-0.39, 0.29) is 50.7 Å². The van der Waals surface area contributed by atoms with E-state index in [1.54, 1.807) is 0 Å². The Kier molecular flexibility index (Phi) is 30.4. The summed E-state index contributed by atoms with van der Waals surface area (Å²) in [6, 6.07) is -3.71. The van der Waals surface area contributed by atoms with Crippen LogP contribution in [0.15, 0.2) is 0 Å². The molecule has 0 saturated heterocycles. The van der Waals surface area contributed by atoms with Gasteiger partial charge in [0.25, 0.3) is 11.8 Å². The van der Waals surface area contributed by atoms with Gasteiger partial charge in [0.2, 0.25) is 17.7 Å². The highest BCUT2D eigenvalue weighted by Gasteiger charge is 2.37. The first-order valence-electron chi connectivity index (χ1n) is 20.4. The molecule has 0 aliphatic rings. The van der Waals surface area contributed by atoms with Crippen LogP contribution < -0.4 is 55.3 Å². The normalized spacial score (nSPS) is 16.0. The number of methoxy groups -OCH3 is 1. The number of nitrogens with one attached hydrogen (secondary N) is 5. The molecule has 0 radical (unpaired) electrons. The first-order chi connectivity index (χ1) is 27.5. The lowest BCUT2D eigenvalue weighted by Crippen LogP contribution is -2.54. The SMILES string of the molecule is COC(=O)C(CCCCNC(=O)C(O)C(O)C(O)C(O)C(=O)NCCCCC(N)C(=O)NC(C)CCCCN)NC(=O)C(CCCCN)NC(=O)C(N)CCCCN. The molecule has 0 saturated carbocycles. The molecular formula is C37H74N10O11. The van der Waals surface area contributed by atoms with E-state index in [1.807, 2.05) is 6.92 Å². The molecule has 21 heteroatoms. The molecule has 0 aromatic heterocycles. The Labute approximate surface area is 342 Å².